The normalized spacial score (nSPS) is 12.2. The Morgan fingerprint density at radius 3 is 1.91 bits per heavy atom. The molecular weight excluding hydrogens is 400 g/mol. The number of aryl methyl sites for hydroxylation is 1. The minimum Gasteiger partial charge on any atom is -0.237 e. The summed E-state index contributed by atoms with van der Waals surface area (Å²) in [5, 5.41) is 0. The van der Waals surface area contributed by atoms with E-state index < -0.39 is 0 Å². The number of unbranched alkanes of at least 4 members (excludes halogenated alkanes) is 10. The van der Waals surface area contributed by atoms with Gasteiger partial charge in [-0.3, -0.25) is 0 Å². The maximum Gasteiger partial charge on any atom is 0.243 e. The van der Waals surface area contributed by atoms with Gasteiger partial charge in [0, 0.05) is 5.92 Å². The van der Waals surface area contributed by atoms with Crippen molar-refractivity contribution >= 4 is 0 Å². The predicted molar refractivity (Wildman–Crippen MR) is 140 cm³/mol. The standard InChI is InChI=1S/C31H45N2/c1-2-3-4-5-6-7-8-9-10-11-18-23-32-24-25-33(28-32)27-31(30-21-16-13-17-22-30)26-29-19-14-12-15-20-29/h12-17,19-22,24-25,28,31H,2-11,18,23,26-27H2,1H3/q+1. The van der Waals surface area contributed by atoms with E-state index >= 15 is 0 Å². The molecule has 3 rings (SSSR count). The molecule has 1 unspecified atom stereocenters. The van der Waals surface area contributed by atoms with Gasteiger partial charge in [-0.1, -0.05) is 125 Å². The Hall–Kier alpha value is -2.35. The van der Waals surface area contributed by atoms with Crippen LogP contribution >= 0.6 is 0 Å². The first kappa shape index (κ1) is 25.3. The van der Waals surface area contributed by atoms with Crippen LogP contribution in [0.4, 0.5) is 0 Å². The van der Waals surface area contributed by atoms with Crippen molar-refractivity contribution in [3.05, 3.63) is 90.5 Å². The van der Waals surface area contributed by atoms with Crippen LogP contribution in [0.1, 0.15) is 94.6 Å². The minimum absolute atomic E-state index is 0.483. The summed E-state index contributed by atoms with van der Waals surface area (Å²) in [6, 6.07) is 21.9. The van der Waals surface area contributed by atoms with Gasteiger partial charge in [0.25, 0.3) is 0 Å². The highest BCUT2D eigenvalue weighted by Crippen LogP contribution is 2.21. The summed E-state index contributed by atoms with van der Waals surface area (Å²) in [5.74, 6) is 0.483. The molecule has 0 aliphatic carbocycles. The Balaban J connectivity index is 1.38. The van der Waals surface area contributed by atoms with Crippen molar-refractivity contribution in [3.63, 3.8) is 0 Å². The molecule has 1 heterocycles. The highest BCUT2D eigenvalue weighted by atomic mass is 15.1. The Bertz CT molecular complexity index is 853. The topological polar surface area (TPSA) is 8.81 Å². The third-order valence-corrected chi connectivity index (χ3v) is 6.79. The highest BCUT2D eigenvalue weighted by molar-refractivity contribution is 5.23. The van der Waals surface area contributed by atoms with Gasteiger partial charge in [-0.05, 0) is 30.4 Å². The smallest absolute Gasteiger partial charge is 0.237 e. The first-order valence-electron chi connectivity index (χ1n) is 13.5. The Kier molecular flexibility index (Phi) is 11.9. The number of rotatable bonds is 17. The fourth-order valence-corrected chi connectivity index (χ4v) is 4.80. The summed E-state index contributed by atoms with van der Waals surface area (Å²) in [6.45, 7) is 4.45. The molecule has 0 aliphatic heterocycles. The number of benzene rings is 2. The molecule has 0 saturated carbocycles. The van der Waals surface area contributed by atoms with E-state index in [1.165, 1.54) is 81.8 Å². The second-order valence-corrected chi connectivity index (χ2v) is 9.68. The van der Waals surface area contributed by atoms with Crippen LogP contribution in [-0.4, -0.2) is 4.57 Å². The quantitative estimate of drug-likeness (QED) is 0.146. The molecule has 0 saturated heterocycles. The maximum atomic E-state index is 2.37. The molecule has 0 aliphatic rings. The van der Waals surface area contributed by atoms with Crippen molar-refractivity contribution in [3.8, 4) is 0 Å². The molecule has 0 radical (unpaired) electrons. The number of imidazole rings is 1. The van der Waals surface area contributed by atoms with E-state index in [0.717, 1.165) is 19.5 Å². The Morgan fingerprint density at radius 2 is 1.27 bits per heavy atom. The van der Waals surface area contributed by atoms with Crippen molar-refractivity contribution in [2.24, 2.45) is 0 Å². The fourth-order valence-electron chi connectivity index (χ4n) is 4.80. The predicted octanol–water partition coefficient (Wildman–Crippen LogP) is 8.11. The molecule has 0 fully saturated rings. The third-order valence-electron chi connectivity index (χ3n) is 6.79. The molecule has 33 heavy (non-hydrogen) atoms. The molecule has 3 aromatic rings. The SMILES string of the molecule is CCCCCCCCCCCCCn1cc[n+](CC(Cc2ccccc2)c2ccccc2)c1. The molecule has 0 bridgehead atoms. The summed E-state index contributed by atoms with van der Waals surface area (Å²) < 4.78 is 4.75. The molecule has 1 atom stereocenters. The van der Waals surface area contributed by atoms with Crippen molar-refractivity contribution in [2.75, 3.05) is 0 Å². The van der Waals surface area contributed by atoms with E-state index in [1.54, 1.807) is 0 Å². The van der Waals surface area contributed by atoms with Crippen LogP contribution in [0.5, 0.6) is 0 Å². The van der Waals surface area contributed by atoms with E-state index in [-0.39, 0.29) is 0 Å². The van der Waals surface area contributed by atoms with Gasteiger partial charge < -0.3 is 0 Å². The van der Waals surface area contributed by atoms with E-state index in [1.807, 2.05) is 0 Å². The lowest BCUT2D eigenvalue weighted by atomic mass is 9.92. The van der Waals surface area contributed by atoms with Crippen molar-refractivity contribution in [2.45, 2.75) is 103 Å². The molecular formula is C31H45N2+. The third kappa shape index (κ3) is 9.98. The zero-order chi connectivity index (χ0) is 23.0. The zero-order valence-electron chi connectivity index (χ0n) is 20.9. The average molecular weight is 446 g/mol. The van der Waals surface area contributed by atoms with Gasteiger partial charge in [-0.15, -0.1) is 0 Å². The molecule has 2 nitrogen and oxygen atoms in total. The van der Waals surface area contributed by atoms with Gasteiger partial charge in [0.2, 0.25) is 6.33 Å². The second kappa shape index (κ2) is 15.5. The molecule has 0 N–H and O–H groups in total. The number of aromatic nitrogens is 2. The number of hydrogen-bond donors (Lipinski definition) is 0. The van der Waals surface area contributed by atoms with Crippen molar-refractivity contribution in [1.82, 2.24) is 4.57 Å². The second-order valence-electron chi connectivity index (χ2n) is 9.68. The van der Waals surface area contributed by atoms with Crippen LogP contribution in [0, 0.1) is 0 Å². The fraction of sp³-hybridized carbons (Fsp3) is 0.516. The van der Waals surface area contributed by atoms with Crippen LogP contribution in [0.2, 0.25) is 0 Å². The lowest BCUT2D eigenvalue weighted by Gasteiger charge is -2.15. The molecule has 178 valence electrons. The molecule has 1 aromatic heterocycles. The van der Waals surface area contributed by atoms with E-state index in [9.17, 15) is 0 Å². The first-order chi connectivity index (χ1) is 16.3. The summed E-state index contributed by atoms with van der Waals surface area (Å²) in [4.78, 5) is 0. The van der Waals surface area contributed by atoms with Gasteiger partial charge in [0.15, 0.2) is 0 Å². The summed E-state index contributed by atoms with van der Waals surface area (Å²) in [6.07, 6.45) is 23.3. The largest absolute Gasteiger partial charge is 0.243 e. The highest BCUT2D eigenvalue weighted by Gasteiger charge is 2.16. The lowest BCUT2D eigenvalue weighted by Crippen LogP contribution is -2.35. The van der Waals surface area contributed by atoms with Gasteiger partial charge in [-0.2, -0.15) is 0 Å². The molecule has 0 amide bonds. The lowest BCUT2D eigenvalue weighted by molar-refractivity contribution is -0.699. The van der Waals surface area contributed by atoms with Crippen LogP contribution in [0.3, 0.4) is 0 Å². The van der Waals surface area contributed by atoms with Crippen LogP contribution < -0.4 is 4.57 Å². The molecule has 0 spiro atoms. The summed E-state index contributed by atoms with van der Waals surface area (Å²) >= 11 is 0. The number of nitrogens with zero attached hydrogens (tertiary/aromatic N) is 2. The zero-order valence-corrected chi connectivity index (χ0v) is 20.9. The summed E-state index contributed by atoms with van der Waals surface area (Å²) in [7, 11) is 0. The van der Waals surface area contributed by atoms with Crippen LogP contribution in [0.25, 0.3) is 0 Å². The number of hydrogen-bond acceptors (Lipinski definition) is 0. The van der Waals surface area contributed by atoms with Crippen LogP contribution in [-0.2, 0) is 19.5 Å². The van der Waals surface area contributed by atoms with Crippen LogP contribution in [0.15, 0.2) is 79.4 Å². The minimum atomic E-state index is 0.483. The molecule has 2 aromatic carbocycles. The van der Waals surface area contributed by atoms with Gasteiger partial charge >= 0.3 is 0 Å². The van der Waals surface area contributed by atoms with Gasteiger partial charge in [-0.25, -0.2) is 9.13 Å². The first-order valence-corrected chi connectivity index (χ1v) is 13.5. The van der Waals surface area contributed by atoms with Crippen molar-refractivity contribution in [1.29, 1.82) is 0 Å². The van der Waals surface area contributed by atoms with E-state index in [4.69, 9.17) is 0 Å². The van der Waals surface area contributed by atoms with Gasteiger partial charge in [0.05, 0.1) is 13.1 Å². The van der Waals surface area contributed by atoms with Crippen molar-refractivity contribution < 1.29 is 4.57 Å². The van der Waals surface area contributed by atoms with Gasteiger partial charge in [0.1, 0.15) is 12.4 Å². The Morgan fingerprint density at radius 1 is 0.697 bits per heavy atom. The maximum absolute atomic E-state index is 2.37. The summed E-state index contributed by atoms with van der Waals surface area (Å²) in [5.41, 5.74) is 2.83. The van der Waals surface area contributed by atoms with E-state index in [0.29, 0.717) is 5.92 Å². The molecule has 2 heteroatoms. The average Bonchev–Trinajstić information content (AvgIpc) is 3.30. The van der Waals surface area contributed by atoms with E-state index in [2.05, 4.69) is 95.4 Å². The Labute approximate surface area is 202 Å². The monoisotopic (exact) mass is 445 g/mol.